The number of esters is 2. The smallest absolute Gasteiger partial charge is 0.467 e. The van der Waals surface area contributed by atoms with Gasteiger partial charge in [0.2, 0.25) is 0 Å². The Morgan fingerprint density at radius 3 is 2.50 bits per heavy atom. The molecule has 1 aromatic heterocycles. The van der Waals surface area contributed by atoms with Crippen molar-refractivity contribution in [3.63, 3.8) is 0 Å². The van der Waals surface area contributed by atoms with Crippen molar-refractivity contribution in [3.8, 4) is 0 Å². The summed E-state index contributed by atoms with van der Waals surface area (Å²) in [5.41, 5.74) is 1.26. The van der Waals surface area contributed by atoms with E-state index in [9.17, 15) is 27.6 Å². The molecule has 28 heavy (non-hydrogen) atoms. The van der Waals surface area contributed by atoms with E-state index in [1.807, 2.05) is 0 Å². The van der Waals surface area contributed by atoms with Crippen LogP contribution in [0.4, 0.5) is 13.2 Å². The van der Waals surface area contributed by atoms with E-state index >= 15 is 0 Å². The number of halogens is 3. The van der Waals surface area contributed by atoms with Crippen LogP contribution in [-0.2, 0) is 25.5 Å². The van der Waals surface area contributed by atoms with Crippen molar-refractivity contribution in [2.24, 2.45) is 0 Å². The number of H-pyrrole nitrogens is 1. The number of carbonyl (C=O) groups excluding carboxylic acids is 3. The summed E-state index contributed by atoms with van der Waals surface area (Å²) in [6.07, 6.45) is -5.32. The first-order valence-corrected chi connectivity index (χ1v) is 8.41. The van der Waals surface area contributed by atoms with Gasteiger partial charge in [0.1, 0.15) is 11.7 Å². The van der Waals surface area contributed by atoms with Gasteiger partial charge in [-0.15, -0.1) is 0 Å². The van der Waals surface area contributed by atoms with Gasteiger partial charge in [0.15, 0.2) is 0 Å². The molecule has 7 nitrogen and oxygen atoms in total. The largest absolute Gasteiger partial charge is 0.471 e. The summed E-state index contributed by atoms with van der Waals surface area (Å²) in [5.74, 6) is -3.88. The van der Waals surface area contributed by atoms with Crippen molar-refractivity contribution in [3.05, 3.63) is 35.5 Å². The van der Waals surface area contributed by atoms with Gasteiger partial charge in [0.05, 0.1) is 13.7 Å². The van der Waals surface area contributed by atoms with Gasteiger partial charge in [0, 0.05) is 10.9 Å². The van der Waals surface area contributed by atoms with Crippen molar-refractivity contribution < 1.29 is 37.0 Å². The zero-order chi connectivity index (χ0) is 20.9. The van der Waals surface area contributed by atoms with E-state index in [0.717, 1.165) is 7.11 Å². The number of methoxy groups -OCH3 is 1. The van der Waals surface area contributed by atoms with Gasteiger partial charge in [0.25, 0.3) is 0 Å². The molecule has 0 saturated heterocycles. The first-order chi connectivity index (χ1) is 13.2. The van der Waals surface area contributed by atoms with Gasteiger partial charge in [-0.05, 0) is 31.4 Å². The third-order valence-corrected chi connectivity index (χ3v) is 4.02. The van der Waals surface area contributed by atoms with E-state index in [0.29, 0.717) is 16.5 Å². The average molecular weight is 400 g/mol. The van der Waals surface area contributed by atoms with Crippen molar-refractivity contribution in [2.75, 3.05) is 13.7 Å². The fraction of sp³-hybridized carbons (Fsp3) is 0.389. The standard InChI is InChI=1S/C18H19F3N2O5/c1-3-28-16(25)14-11(10-6-4-5-7-12(10)22-14)8-9-13(15(24)27-2)23-17(26)18(19,20)21/h4-7,13,22H,3,8-9H2,1-2H3,(H,23,26)/t13-/m0/s1. The topological polar surface area (TPSA) is 97.5 Å². The van der Waals surface area contributed by atoms with Gasteiger partial charge in [-0.2, -0.15) is 13.2 Å². The summed E-state index contributed by atoms with van der Waals surface area (Å²) in [4.78, 5) is 38.2. The minimum absolute atomic E-state index is 0.0239. The van der Waals surface area contributed by atoms with E-state index in [1.165, 1.54) is 0 Å². The third-order valence-electron chi connectivity index (χ3n) is 4.02. The summed E-state index contributed by atoms with van der Waals surface area (Å²) in [7, 11) is 1.00. The molecule has 0 bridgehead atoms. The van der Waals surface area contributed by atoms with Crippen LogP contribution < -0.4 is 5.32 Å². The number of aromatic nitrogens is 1. The van der Waals surface area contributed by atoms with Crippen molar-refractivity contribution in [1.82, 2.24) is 10.3 Å². The molecule has 0 unspecified atom stereocenters. The zero-order valence-electron chi connectivity index (χ0n) is 15.2. The number of fused-ring (bicyclic) bond motifs is 1. The van der Waals surface area contributed by atoms with E-state index in [4.69, 9.17) is 4.74 Å². The number of carbonyl (C=O) groups is 3. The normalized spacial score (nSPS) is 12.5. The van der Waals surface area contributed by atoms with Crippen molar-refractivity contribution in [2.45, 2.75) is 32.0 Å². The lowest BCUT2D eigenvalue weighted by Gasteiger charge is -2.17. The molecule has 152 valence electrons. The van der Waals surface area contributed by atoms with Crippen LogP contribution in [0.25, 0.3) is 10.9 Å². The quantitative estimate of drug-likeness (QED) is 0.696. The minimum Gasteiger partial charge on any atom is -0.467 e. The molecule has 2 N–H and O–H groups in total. The Labute approximate surface area is 158 Å². The van der Waals surface area contributed by atoms with Gasteiger partial charge < -0.3 is 19.8 Å². The zero-order valence-corrected chi connectivity index (χ0v) is 15.2. The van der Waals surface area contributed by atoms with E-state index in [2.05, 4.69) is 9.72 Å². The van der Waals surface area contributed by atoms with Gasteiger partial charge >= 0.3 is 24.0 Å². The van der Waals surface area contributed by atoms with Crippen molar-refractivity contribution >= 4 is 28.7 Å². The van der Waals surface area contributed by atoms with Gasteiger partial charge in [-0.25, -0.2) is 9.59 Å². The highest BCUT2D eigenvalue weighted by atomic mass is 19.4. The Hall–Kier alpha value is -3.04. The van der Waals surface area contributed by atoms with E-state index < -0.39 is 30.1 Å². The van der Waals surface area contributed by atoms with Crippen LogP contribution in [0.2, 0.25) is 0 Å². The number of alkyl halides is 3. The number of aromatic amines is 1. The predicted molar refractivity (Wildman–Crippen MR) is 92.6 cm³/mol. The maximum Gasteiger partial charge on any atom is 0.471 e. The SMILES string of the molecule is CCOC(=O)c1[nH]c2ccccc2c1CC[C@H](NC(=O)C(F)(F)F)C(=O)OC. The van der Waals surface area contributed by atoms with Crippen LogP contribution in [0, 0.1) is 0 Å². The molecule has 0 aliphatic rings. The van der Waals surface area contributed by atoms with Crippen LogP contribution in [0.1, 0.15) is 29.4 Å². The molecule has 1 aromatic carbocycles. The third kappa shape index (κ3) is 4.81. The molecule has 0 aliphatic heterocycles. The lowest BCUT2D eigenvalue weighted by Crippen LogP contribution is -2.47. The molecule has 0 radical (unpaired) electrons. The fourth-order valence-corrected chi connectivity index (χ4v) is 2.76. The number of ether oxygens (including phenoxy) is 2. The maximum absolute atomic E-state index is 12.5. The number of aryl methyl sites for hydroxylation is 1. The van der Waals surface area contributed by atoms with Crippen LogP contribution in [0.3, 0.4) is 0 Å². The summed E-state index contributed by atoms with van der Waals surface area (Å²) < 4.78 is 47.1. The van der Waals surface area contributed by atoms with Crippen LogP contribution >= 0.6 is 0 Å². The number of hydrogen-bond donors (Lipinski definition) is 2. The molecule has 1 amide bonds. The Bertz CT molecular complexity index is 876. The summed E-state index contributed by atoms with van der Waals surface area (Å²) in [5, 5.41) is 2.29. The molecule has 0 saturated carbocycles. The van der Waals surface area contributed by atoms with E-state index in [1.54, 1.807) is 36.5 Å². The Kier molecular flexibility index (Phi) is 6.66. The van der Waals surface area contributed by atoms with Crippen LogP contribution in [0.5, 0.6) is 0 Å². The monoisotopic (exact) mass is 400 g/mol. The number of rotatable bonds is 7. The second-order valence-electron chi connectivity index (χ2n) is 5.83. The summed E-state index contributed by atoms with van der Waals surface area (Å²) in [6.45, 7) is 1.78. The molecule has 10 heteroatoms. The average Bonchev–Trinajstić information content (AvgIpc) is 3.02. The molecule has 1 heterocycles. The molecule has 0 fully saturated rings. The van der Waals surface area contributed by atoms with Crippen LogP contribution in [0.15, 0.2) is 24.3 Å². The lowest BCUT2D eigenvalue weighted by atomic mass is 10.0. The number of amides is 1. The lowest BCUT2D eigenvalue weighted by molar-refractivity contribution is -0.175. The Balaban J connectivity index is 2.30. The highest BCUT2D eigenvalue weighted by Crippen LogP contribution is 2.25. The maximum atomic E-state index is 12.5. The predicted octanol–water partition coefficient (Wildman–Crippen LogP) is 2.50. The first-order valence-electron chi connectivity index (χ1n) is 8.41. The Morgan fingerprint density at radius 2 is 1.89 bits per heavy atom. The molecule has 0 aliphatic carbocycles. The Morgan fingerprint density at radius 1 is 1.21 bits per heavy atom. The highest BCUT2D eigenvalue weighted by Gasteiger charge is 2.41. The molecule has 2 rings (SSSR count). The molecule has 0 spiro atoms. The summed E-state index contributed by atoms with van der Waals surface area (Å²) >= 11 is 0. The molecule has 2 aromatic rings. The van der Waals surface area contributed by atoms with Gasteiger partial charge in [-0.1, -0.05) is 18.2 Å². The molecular formula is C18H19F3N2O5. The number of benzene rings is 1. The minimum atomic E-state index is -5.14. The van der Waals surface area contributed by atoms with Gasteiger partial charge in [-0.3, -0.25) is 4.79 Å². The fourth-order valence-electron chi connectivity index (χ4n) is 2.76. The number of nitrogens with one attached hydrogen (secondary N) is 2. The second kappa shape index (κ2) is 8.77. The summed E-state index contributed by atoms with van der Waals surface area (Å²) in [6, 6.07) is 5.41. The number of para-hydroxylation sites is 1. The molecule has 1 atom stereocenters. The number of hydrogen-bond acceptors (Lipinski definition) is 5. The van der Waals surface area contributed by atoms with Crippen molar-refractivity contribution in [1.29, 1.82) is 0 Å². The van der Waals surface area contributed by atoms with E-state index in [-0.39, 0.29) is 25.1 Å². The van der Waals surface area contributed by atoms with Crippen LogP contribution in [-0.4, -0.2) is 48.8 Å². The first kappa shape index (κ1) is 21.3. The second-order valence-corrected chi connectivity index (χ2v) is 5.83. The molecular weight excluding hydrogens is 381 g/mol. The highest BCUT2D eigenvalue weighted by molar-refractivity contribution is 5.98.